The van der Waals surface area contributed by atoms with E-state index in [1.807, 2.05) is 60.4 Å². The van der Waals surface area contributed by atoms with Crippen LogP contribution in [0, 0.1) is 25.6 Å². The van der Waals surface area contributed by atoms with Gasteiger partial charge in [0, 0.05) is 24.2 Å². The molecule has 0 saturated carbocycles. The zero-order valence-corrected chi connectivity index (χ0v) is 16.7. The van der Waals surface area contributed by atoms with E-state index in [0.717, 1.165) is 48.4 Å². The highest BCUT2D eigenvalue weighted by Crippen LogP contribution is 2.25. The first-order valence-electron chi connectivity index (χ1n) is 9.94. The molecule has 4 rings (SSSR count). The molecule has 4 nitrogen and oxygen atoms in total. The van der Waals surface area contributed by atoms with Crippen molar-refractivity contribution in [3.05, 3.63) is 82.8 Å². The number of hydrogen-bond donors (Lipinski definition) is 0. The second-order valence-corrected chi connectivity index (χ2v) is 7.83. The van der Waals surface area contributed by atoms with E-state index in [9.17, 15) is 9.18 Å². The molecule has 1 aromatic heterocycles. The molecule has 148 valence electrons. The summed E-state index contributed by atoms with van der Waals surface area (Å²) in [7, 11) is 0. The number of aromatic nitrogens is 2. The van der Waals surface area contributed by atoms with Gasteiger partial charge < -0.3 is 4.90 Å². The molecule has 2 heterocycles. The highest BCUT2D eigenvalue weighted by molar-refractivity contribution is 5.95. The van der Waals surface area contributed by atoms with Gasteiger partial charge in [-0.25, -0.2) is 4.39 Å². The monoisotopic (exact) mass is 389 g/mol. The highest BCUT2D eigenvalue weighted by Gasteiger charge is 2.27. The number of benzene rings is 2. The average molecular weight is 389 g/mol. The Kier molecular flexibility index (Phi) is 5.38. The summed E-state index contributed by atoms with van der Waals surface area (Å²) in [6.07, 6.45) is 1.83. The van der Waals surface area contributed by atoms with Crippen molar-refractivity contribution in [2.45, 2.75) is 26.7 Å². The zero-order valence-electron chi connectivity index (χ0n) is 16.7. The summed E-state index contributed by atoms with van der Waals surface area (Å²) in [6, 6.07) is 16.7. The lowest BCUT2D eigenvalue weighted by Crippen LogP contribution is -2.29. The van der Waals surface area contributed by atoms with Gasteiger partial charge in [0.05, 0.1) is 11.4 Å². The molecule has 1 unspecified atom stereocenters. The Morgan fingerprint density at radius 3 is 2.72 bits per heavy atom. The number of nitrogens with zero attached hydrogens (tertiary/aromatic N) is 3. The third-order valence-electron chi connectivity index (χ3n) is 5.52. The van der Waals surface area contributed by atoms with Crippen LogP contribution in [0.15, 0.2) is 54.6 Å². The Hall–Kier alpha value is -3.08. The molecule has 0 spiro atoms. The Balaban J connectivity index is 1.44. The maximum absolute atomic E-state index is 13.5. The molecule has 1 aliphatic rings. The van der Waals surface area contributed by atoms with Crippen LogP contribution >= 0.6 is 0 Å². The Labute approximate surface area is 170 Å². The molecule has 2 aromatic carbocycles. The normalized spacial score (nSPS) is 16.2. The molecule has 1 amide bonds. The van der Waals surface area contributed by atoms with Crippen molar-refractivity contribution in [1.82, 2.24) is 15.1 Å². The molecule has 5 heteroatoms. The number of amides is 1. The summed E-state index contributed by atoms with van der Waals surface area (Å²) in [5.41, 5.74) is 4.98. The summed E-state index contributed by atoms with van der Waals surface area (Å²) in [4.78, 5) is 14.9. The van der Waals surface area contributed by atoms with Crippen LogP contribution in [0.5, 0.6) is 0 Å². The van der Waals surface area contributed by atoms with Gasteiger partial charge in [-0.1, -0.05) is 24.3 Å². The third-order valence-corrected chi connectivity index (χ3v) is 5.52. The average Bonchev–Trinajstić information content (AvgIpc) is 3.19. The van der Waals surface area contributed by atoms with Gasteiger partial charge in [-0.05, 0) is 74.1 Å². The second kappa shape index (κ2) is 8.11. The summed E-state index contributed by atoms with van der Waals surface area (Å²) in [6.45, 7) is 5.16. The van der Waals surface area contributed by atoms with Gasteiger partial charge in [0.25, 0.3) is 5.91 Å². The van der Waals surface area contributed by atoms with E-state index in [1.165, 1.54) is 6.07 Å². The molecule has 0 aliphatic carbocycles. The molecule has 1 fully saturated rings. The minimum atomic E-state index is -0.171. The van der Waals surface area contributed by atoms with E-state index >= 15 is 0 Å². The fourth-order valence-corrected chi connectivity index (χ4v) is 3.90. The molecule has 1 saturated heterocycles. The van der Waals surface area contributed by atoms with Crippen molar-refractivity contribution in [3.8, 4) is 11.3 Å². The van der Waals surface area contributed by atoms with E-state index in [1.54, 1.807) is 6.92 Å². The lowest BCUT2D eigenvalue weighted by atomic mass is 9.97. The van der Waals surface area contributed by atoms with Crippen LogP contribution in [-0.4, -0.2) is 34.1 Å². The summed E-state index contributed by atoms with van der Waals surface area (Å²) < 4.78 is 13.5. The van der Waals surface area contributed by atoms with Gasteiger partial charge in [0.1, 0.15) is 5.82 Å². The van der Waals surface area contributed by atoms with Crippen molar-refractivity contribution in [2.75, 3.05) is 13.1 Å². The number of halogens is 1. The van der Waals surface area contributed by atoms with Crippen molar-refractivity contribution >= 4 is 5.91 Å². The Bertz CT molecular complexity index is 1030. The fourth-order valence-electron chi connectivity index (χ4n) is 3.90. The number of hydrogen-bond acceptors (Lipinski definition) is 3. The lowest BCUT2D eigenvalue weighted by molar-refractivity contribution is 0.0787. The number of rotatable bonds is 4. The summed E-state index contributed by atoms with van der Waals surface area (Å²) in [5, 5.41) is 8.32. The molecule has 29 heavy (non-hydrogen) atoms. The summed E-state index contributed by atoms with van der Waals surface area (Å²) in [5.74, 6) is 0.273. The molecule has 1 aliphatic heterocycles. The SMILES string of the molecule is Cc1ccc(-c2cccc(C(=O)N3CCC(Cc4ccc(F)c(C)c4)C3)c2)nn1. The summed E-state index contributed by atoms with van der Waals surface area (Å²) >= 11 is 0. The lowest BCUT2D eigenvalue weighted by Gasteiger charge is -2.17. The number of carbonyl (C=O) groups excluding carboxylic acids is 1. The van der Waals surface area contributed by atoms with Gasteiger partial charge in [-0.3, -0.25) is 4.79 Å². The minimum Gasteiger partial charge on any atom is -0.338 e. The molecule has 0 bridgehead atoms. The maximum Gasteiger partial charge on any atom is 0.253 e. The van der Waals surface area contributed by atoms with Crippen LogP contribution in [0.1, 0.15) is 33.6 Å². The van der Waals surface area contributed by atoms with Gasteiger partial charge in [0.15, 0.2) is 0 Å². The number of carbonyl (C=O) groups is 1. The first kappa shape index (κ1) is 19.2. The quantitative estimate of drug-likeness (QED) is 0.655. The van der Waals surface area contributed by atoms with E-state index in [4.69, 9.17) is 0 Å². The number of aryl methyl sites for hydroxylation is 2. The molecule has 0 radical (unpaired) electrons. The molecular formula is C24H24FN3O. The van der Waals surface area contributed by atoms with Gasteiger partial charge in [-0.15, -0.1) is 0 Å². The number of likely N-dealkylation sites (tertiary alicyclic amines) is 1. The first-order chi connectivity index (χ1) is 14.0. The van der Waals surface area contributed by atoms with Crippen LogP contribution in [0.3, 0.4) is 0 Å². The fraction of sp³-hybridized carbons (Fsp3) is 0.292. The van der Waals surface area contributed by atoms with Crippen LogP contribution in [-0.2, 0) is 6.42 Å². The molecule has 0 N–H and O–H groups in total. The van der Waals surface area contributed by atoms with Gasteiger partial charge >= 0.3 is 0 Å². The largest absolute Gasteiger partial charge is 0.338 e. The van der Waals surface area contributed by atoms with Gasteiger partial charge in [-0.2, -0.15) is 10.2 Å². The molecule has 3 aromatic rings. The molecule has 1 atom stereocenters. The van der Waals surface area contributed by atoms with E-state index in [0.29, 0.717) is 17.0 Å². The smallest absolute Gasteiger partial charge is 0.253 e. The van der Waals surface area contributed by atoms with E-state index in [2.05, 4.69) is 10.2 Å². The molecular weight excluding hydrogens is 365 g/mol. The third kappa shape index (κ3) is 4.34. The zero-order chi connectivity index (χ0) is 20.4. The topological polar surface area (TPSA) is 46.1 Å². The van der Waals surface area contributed by atoms with Gasteiger partial charge in [0.2, 0.25) is 0 Å². The first-order valence-corrected chi connectivity index (χ1v) is 9.94. The van der Waals surface area contributed by atoms with Crippen molar-refractivity contribution < 1.29 is 9.18 Å². The van der Waals surface area contributed by atoms with Crippen molar-refractivity contribution in [2.24, 2.45) is 5.92 Å². The highest BCUT2D eigenvalue weighted by atomic mass is 19.1. The van der Waals surface area contributed by atoms with Crippen LogP contribution < -0.4 is 0 Å². The standard InChI is InChI=1S/C24H24FN3O/c1-16-12-18(7-8-22(16)25)13-19-10-11-28(15-19)24(29)21-5-3-4-20(14-21)23-9-6-17(2)26-27-23/h3-9,12,14,19H,10-11,13,15H2,1-2H3. The maximum atomic E-state index is 13.5. The van der Waals surface area contributed by atoms with E-state index < -0.39 is 0 Å². The predicted octanol–water partition coefficient (Wildman–Crippen LogP) is 4.60. The van der Waals surface area contributed by atoms with Crippen molar-refractivity contribution in [1.29, 1.82) is 0 Å². The minimum absolute atomic E-state index is 0.0460. The van der Waals surface area contributed by atoms with E-state index in [-0.39, 0.29) is 11.7 Å². The van der Waals surface area contributed by atoms with Crippen LogP contribution in [0.4, 0.5) is 4.39 Å². The predicted molar refractivity (Wildman–Crippen MR) is 111 cm³/mol. The van der Waals surface area contributed by atoms with Crippen molar-refractivity contribution in [3.63, 3.8) is 0 Å². The van der Waals surface area contributed by atoms with Crippen LogP contribution in [0.25, 0.3) is 11.3 Å². The second-order valence-electron chi connectivity index (χ2n) is 7.83. The Morgan fingerprint density at radius 1 is 1.10 bits per heavy atom. The van der Waals surface area contributed by atoms with Crippen LogP contribution in [0.2, 0.25) is 0 Å². The Morgan fingerprint density at radius 2 is 1.97 bits per heavy atom.